The summed E-state index contributed by atoms with van der Waals surface area (Å²) in [7, 11) is 0. The van der Waals surface area contributed by atoms with Crippen molar-refractivity contribution in [3.05, 3.63) is 82.4 Å². The van der Waals surface area contributed by atoms with Crippen LogP contribution in [0, 0.1) is 5.82 Å². The maximum absolute atomic E-state index is 13.1. The highest BCUT2D eigenvalue weighted by molar-refractivity contribution is 6.02. The second kappa shape index (κ2) is 7.61. The van der Waals surface area contributed by atoms with Gasteiger partial charge in [0.2, 0.25) is 5.91 Å². The van der Waals surface area contributed by atoms with E-state index in [2.05, 4.69) is 10.4 Å². The summed E-state index contributed by atoms with van der Waals surface area (Å²) in [6, 6.07) is 14.6. The van der Waals surface area contributed by atoms with Crippen molar-refractivity contribution in [3.8, 4) is 11.3 Å². The molecule has 3 rings (SSSR count). The number of nitrogens with two attached hydrogens (primary N) is 1. The first-order valence-corrected chi connectivity index (χ1v) is 7.97. The number of carbonyl (C=O) groups is 2. The first kappa shape index (κ1) is 18.0. The van der Waals surface area contributed by atoms with Crippen LogP contribution in [-0.2, 0) is 11.3 Å². The van der Waals surface area contributed by atoms with Crippen molar-refractivity contribution in [2.45, 2.75) is 6.54 Å². The van der Waals surface area contributed by atoms with E-state index >= 15 is 0 Å². The van der Waals surface area contributed by atoms with Crippen LogP contribution < -0.4 is 16.6 Å². The number of halogens is 1. The topological polar surface area (TPSA) is 107 Å². The molecular formula is C19H15FN4O3. The van der Waals surface area contributed by atoms with Crippen LogP contribution in [0.15, 0.2) is 65.5 Å². The molecular weight excluding hydrogens is 351 g/mol. The lowest BCUT2D eigenvalue weighted by atomic mass is 10.1. The van der Waals surface area contributed by atoms with Crippen molar-refractivity contribution >= 4 is 17.5 Å². The molecule has 0 bridgehead atoms. The molecule has 0 fully saturated rings. The third-order valence-corrected chi connectivity index (χ3v) is 3.77. The predicted molar refractivity (Wildman–Crippen MR) is 97.5 cm³/mol. The zero-order valence-electron chi connectivity index (χ0n) is 14.1. The number of primary amides is 1. The maximum atomic E-state index is 13.1. The third kappa shape index (κ3) is 4.24. The lowest BCUT2D eigenvalue weighted by Gasteiger charge is -2.10. The number of para-hydroxylation sites is 1. The molecule has 0 aliphatic heterocycles. The van der Waals surface area contributed by atoms with Gasteiger partial charge in [-0.05, 0) is 42.5 Å². The summed E-state index contributed by atoms with van der Waals surface area (Å²) < 4.78 is 14.0. The lowest BCUT2D eigenvalue weighted by Crippen LogP contribution is -2.30. The average molecular weight is 366 g/mol. The highest BCUT2D eigenvalue weighted by Gasteiger charge is 2.12. The van der Waals surface area contributed by atoms with E-state index in [4.69, 9.17) is 5.73 Å². The Morgan fingerprint density at radius 1 is 1.04 bits per heavy atom. The molecule has 0 unspecified atom stereocenters. The first-order chi connectivity index (χ1) is 12.9. The van der Waals surface area contributed by atoms with Crippen molar-refractivity contribution in [1.82, 2.24) is 9.78 Å². The van der Waals surface area contributed by atoms with Gasteiger partial charge in [0, 0.05) is 11.6 Å². The summed E-state index contributed by atoms with van der Waals surface area (Å²) in [5.74, 6) is -1.62. The largest absolute Gasteiger partial charge is 0.366 e. The molecule has 0 saturated carbocycles. The van der Waals surface area contributed by atoms with Gasteiger partial charge in [-0.1, -0.05) is 12.1 Å². The number of carbonyl (C=O) groups excluding carboxylic acids is 2. The molecule has 0 atom stereocenters. The minimum Gasteiger partial charge on any atom is -0.366 e. The number of hydrogen-bond donors (Lipinski definition) is 2. The molecule has 8 heteroatoms. The van der Waals surface area contributed by atoms with E-state index in [1.807, 2.05) is 0 Å². The summed E-state index contributed by atoms with van der Waals surface area (Å²) in [6.45, 7) is -0.360. The van der Waals surface area contributed by atoms with Crippen LogP contribution in [0.2, 0.25) is 0 Å². The number of amides is 2. The Morgan fingerprint density at radius 3 is 2.44 bits per heavy atom. The zero-order chi connectivity index (χ0) is 19.4. The quantitative estimate of drug-likeness (QED) is 0.718. The SMILES string of the molecule is NC(=O)c1ccccc1NC(=O)Cn1nc(-c2ccc(F)cc2)ccc1=O. The van der Waals surface area contributed by atoms with Gasteiger partial charge in [0.25, 0.3) is 11.5 Å². The van der Waals surface area contributed by atoms with Crippen molar-refractivity contribution in [2.75, 3.05) is 5.32 Å². The fourth-order valence-corrected chi connectivity index (χ4v) is 2.47. The lowest BCUT2D eigenvalue weighted by molar-refractivity contribution is -0.117. The molecule has 0 spiro atoms. The van der Waals surface area contributed by atoms with Crippen LogP contribution in [0.3, 0.4) is 0 Å². The summed E-state index contributed by atoms with van der Waals surface area (Å²) in [6.07, 6.45) is 0. The van der Waals surface area contributed by atoms with Gasteiger partial charge in [-0.25, -0.2) is 9.07 Å². The Balaban J connectivity index is 1.82. The summed E-state index contributed by atoms with van der Waals surface area (Å²) in [4.78, 5) is 35.7. The van der Waals surface area contributed by atoms with Crippen LogP contribution in [-0.4, -0.2) is 21.6 Å². The van der Waals surface area contributed by atoms with E-state index in [9.17, 15) is 18.8 Å². The van der Waals surface area contributed by atoms with E-state index in [0.29, 0.717) is 11.3 Å². The molecule has 0 radical (unpaired) electrons. The average Bonchev–Trinajstić information content (AvgIpc) is 2.64. The van der Waals surface area contributed by atoms with Gasteiger partial charge < -0.3 is 11.1 Å². The number of rotatable bonds is 5. The van der Waals surface area contributed by atoms with Crippen LogP contribution >= 0.6 is 0 Å². The molecule has 3 aromatic rings. The van der Waals surface area contributed by atoms with Gasteiger partial charge in [-0.2, -0.15) is 5.10 Å². The third-order valence-electron chi connectivity index (χ3n) is 3.77. The molecule has 27 heavy (non-hydrogen) atoms. The van der Waals surface area contributed by atoms with Gasteiger partial charge in [0.05, 0.1) is 16.9 Å². The Morgan fingerprint density at radius 2 is 1.74 bits per heavy atom. The number of hydrogen-bond acceptors (Lipinski definition) is 4. The predicted octanol–water partition coefficient (Wildman–Crippen LogP) is 1.79. The normalized spacial score (nSPS) is 10.4. The number of aromatic nitrogens is 2. The second-order valence-electron chi connectivity index (χ2n) is 5.68. The van der Waals surface area contributed by atoms with E-state index in [1.165, 1.54) is 48.5 Å². The molecule has 0 saturated heterocycles. The second-order valence-corrected chi connectivity index (χ2v) is 5.68. The van der Waals surface area contributed by atoms with E-state index < -0.39 is 17.4 Å². The highest BCUT2D eigenvalue weighted by atomic mass is 19.1. The number of nitrogens with zero attached hydrogens (tertiary/aromatic N) is 2. The molecule has 0 aliphatic rings. The van der Waals surface area contributed by atoms with Gasteiger partial charge >= 0.3 is 0 Å². The highest BCUT2D eigenvalue weighted by Crippen LogP contribution is 2.16. The van der Waals surface area contributed by atoms with Gasteiger partial charge in [0.15, 0.2) is 0 Å². The van der Waals surface area contributed by atoms with Gasteiger partial charge in [-0.3, -0.25) is 14.4 Å². The maximum Gasteiger partial charge on any atom is 0.267 e. The summed E-state index contributed by atoms with van der Waals surface area (Å²) in [5, 5.41) is 6.69. The fraction of sp³-hybridized carbons (Fsp3) is 0.0526. The Hall–Kier alpha value is -3.81. The summed E-state index contributed by atoms with van der Waals surface area (Å²) >= 11 is 0. The first-order valence-electron chi connectivity index (χ1n) is 7.97. The molecule has 7 nitrogen and oxygen atoms in total. The van der Waals surface area contributed by atoms with E-state index in [-0.39, 0.29) is 23.6 Å². The van der Waals surface area contributed by atoms with E-state index in [0.717, 1.165) is 4.68 Å². The number of anilines is 1. The Kier molecular flexibility index (Phi) is 5.07. The molecule has 2 aromatic carbocycles. The van der Waals surface area contributed by atoms with Gasteiger partial charge in [0.1, 0.15) is 12.4 Å². The standard InChI is InChI=1S/C19H15FN4O3/c20-13-7-5-12(6-8-13)15-9-10-18(26)24(23-15)11-17(25)22-16-4-2-1-3-14(16)19(21)27/h1-10H,11H2,(H2,21,27)(H,22,25). The van der Waals surface area contributed by atoms with Crippen LogP contribution in [0.4, 0.5) is 10.1 Å². The fourth-order valence-electron chi connectivity index (χ4n) is 2.47. The van der Waals surface area contributed by atoms with Crippen LogP contribution in [0.5, 0.6) is 0 Å². The minimum absolute atomic E-state index is 0.159. The Bertz CT molecular complexity index is 1060. The van der Waals surface area contributed by atoms with Crippen molar-refractivity contribution in [3.63, 3.8) is 0 Å². The number of nitrogens with one attached hydrogen (secondary N) is 1. The molecule has 3 N–H and O–H groups in total. The van der Waals surface area contributed by atoms with Crippen molar-refractivity contribution < 1.29 is 14.0 Å². The summed E-state index contributed by atoms with van der Waals surface area (Å²) in [5.41, 5.74) is 6.23. The number of benzene rings is 2. The van der Waals surface area contributed by atoms with Crippen molar-refractivity contribution in [2.24, 2.45) is 5.73 Å². The molecule has 1 heterocycles. The Labute approximate surface area is 153 Å². The molecule has 2 amide bonds. The molecule has 136 valence electrons. The zero-order valence-corrected chi connectivity index (χ0v) is 14.1. The smallest absolute Gasteiger partial charge is 0.267 e. The van der Waals surface area contributed by atoms with Crippen molar-refractivity contribution in [1.29, 1.82) is 0 Å². The monoisotopic (exact) mass is 366 g/mol. The van der Waals surface area contributed by atoms with Crippen LogP contribution in [0.25, 0.3) is 11.3 Å². The minimum atomic E-state index is -0.681. The molecule has 1 aromatic heterocycles. The van der Waals surface area contributed by atoms with E-state index in [1.54, 1.807) is 12.1 Å². The molecule has 0 aliphatic carbocycles. The van der Waals surface area contributed by atoms with Gasteiger partial charge in [-0.15, -0.1) is 0 Å². The van der Waals surface area contributed by atoms with Crippen LogP contribution in [0.1, 0.15) is 10.4 Å².